The van der Waals surface area contributed by atoms with Gasteiger partial charge in [0, 0.05) is 12.3 Å². The fourth-order valence-electron chi connectivity index (χ4n) is 1.53. The lowest BCUT2D eigenvalue weighted by molar-refractivity contribution is 0.586. The minimum atomic E-state index is -0.525. The summed E-state index contributed by atoms with van der Waals surface area (Å²) in [6, 6.07) is 2.25. The minimum Gasteiger partial charge on any atom is -0.369 e. The van der Waals surface area contributed by atoms with Crippen LogP contribution in [0.1, 0.15) is 11.3 Å². The molecular formula is C11H11F2N3. The zero-order valence-corrected chi connectivity index (χ0v) is 8.96. The van der Waals surface area contributed by atoms with Gasteiger partial charge in [-0.25, -0.2) is 13.8 Å². The third-order valence-corrected chi connectivity index (χ3v) is 2.34. The van der Waals surface area contributed by atoms with Gasteiger partial charge in [0.25, 0.3) is 0 Å². The number of nitrogens with two attached hydrogens (primary N) is 1. The quantitative estimate of drug-likeness (QED) is 0.806. The van der Waals surface area contributed by atoms with Crippen LogP contribution in [0.3, 0.4) is 0 Å². The number of aromatic nitrogens is 2. The molecule has 0 atom stereocenters. The Hall–Kier alpha value is -1.91. The van der Waals surface area contributed by atoms with E-state index < -0.39 is 11.6 Å². The van der Waals surface area contributed by atoms with Crippen molar-refractivity contribution in [2.75, 3.05) is 5.73 Å². The number of benzene rings is 1. The van der Waals surface area contributed by atoms with Gasteiger partial charge in [0.15, 0.2) is 0 Å². The van der Waals surface area contributed by atoms with Gasteiger partial charge in [-0.3, -0.25) is 4.57 Å². The molecule has 0 spiro atoms. The highest BCUT2D eigenvalue weighted by molar-refractivity contribution is 5.43. The van der Waals surface area contributed by atoms with E-state index in [9.17, 15) is 8.78 Å². The van der Waals surface area contributed by atoms with Gasteiger partial charge in [-0.15, -0.1) is 0 Å². The van der Waals surface area contributed by atoms with Crippen molar-refractivity contribution in [3.05, 3.63) is 41.2 Å². The maximum absolute atomic E-state index is 13.6. The zero-order chi connectivity index (χ0) is 11.9. The molecule has 0 saturated carbocycles. The van der Waals surface area contributed by atoms with E-state index in [-0.39, 0.29) is 17.2 Å². The van der Waals surface area contributed by atoms with Crippen molar-refractivity contribution in [2.24, 2.45) is 0 Å². The zero-order valence-electron chi connectivity index (χ0n) is 8.96. The molecule has 84 valence electrons. The second-order valence-electron chi connectivity index (χ2n) is 3.66. The summed E-state index contributed by atoms with van der Waals surface area (Å²) in [4.78, 5) is 3.93. The summed E-state index contributed by atoms with van der Waals surface area (Å²) in [5.74, 6) is -0.857. The predicted octanol–water partition coefficient (Wildman–Crippen LogP) is 2.35. The van der Waals surface area contributed by atoms with E-state index in [1.807, 2.05) is 0 Å². The van der Waals surface area contributed by atoms with E-state index in [2.05, 4.69) is 4.98 Å². The minimum absolute atomic E-state index is 0.0706. The predicted molar refractivity (Wildman–Crippen MR) is 57.4 cm³/mol. The second-order valence-corrected chi connectivity index (χ2v) is 3.66. The number of hydrogen-bond donors (Lipinski definition) is 1. The Labute approximate surface area is 91.5 Å². The molecule has 0 unspecified atom stereocenters. The molecule has 1 aromatic carbocycles. The molecule has 2 rings (SSSR count). The maximum atomic E-state index is 13.6. The monoisotopic (exact) mass is 223 g/mol. The average molecular weight is 223 g/mol. The number of halogens is 2. The molecule has 2 N–H and O–H groups in total. The van der Waals surface area contributed by atoms with Crippen molar-refractivity contribution in [3.63, 3.8) is 0 Å². The van der Waals surface area contributed by atoms with E-state index in [1.54, 1.807) is 13.1 Å². The Morgan fingerprint density at radius 3 is 2.44 bits per heavy atom. The summed E-state index contributed by atoms with van der Waals surface area (Å²) in [5, 5.41) is 0. The van der Waals surface area contributed by atoms with Gasteiger partial charge in [0.1, 0.15) is 11.6 Å². The van der Waals surface area contributed by atoms with Crippen molar-refractivity contribution >= 4 is 5.95 Å². The normalized spacial score (nSPS) is 10.8. The molecule has 0 fully saturated rings. The van der Waals surface area contributed by atoms with Crippen LogP contribution < -0.4 is 5.73 Å². The number of rotatable bonds is 1. The Bertz CT molecular complexity index is 546. The van der Waals surface area contributed by atoms with Crippen molar-refractivity contribution in [2.45, 2.75) is 13.8 Å². The largest absolute Gasteiger partial charge is 0.369 e. The molecule has 0 radical (unpaired) electrons. The SMILES string of the molecule is Cc1cn(-c2cc(F)c(C)cc2F)c(N)n1. The van der Waals surface area contributed by atoms with Crippen LogP contribution >= 0.6 is 0 Å². The number of imidazole rings is 1. The number of anilines is 1. The molecule has 2 aromatic rings. The van der Waals surface area contributed by atoms with Crippen LogP contribution in [0.25, 0.3) is 5.69 Å². The van der Waals surface area contributed by atoms with E-state index in [0.717, 1.165) is 12.1 Å². The first-order valence-corrected chi connectivity index (χ1v) is 4.76. The van der Waals surface area contributed by atoms with Gasteiger partial charge in [-0.2, -0.15) is 0 Å². The standard InChI is InChI=1S/C11H11F2N3/c1-6-3-9(13)10(4-8(6)12)16-5-7(2)15-11(16)14/h3-5H,1-2H3,(H2,14,15). The molecule has 3 nitrogen and oxygen atoms in total. The van der Waals surface area contributed by atoms with E-state index in [0.29, 0.717) is 5.69 Å². The third kappa shape index (κ3) is 1.64. The first-order valence-electron chi connectivity index (χ1n) is 4.76. The van der Waals surface area contributed by atoms with E-state index in [1.165, 1.54) is 11.5 Å². The van der Waals surface area contributed by atoms with Crippen LogP contribution in [-0.2, 0) is 0 Å². The molecule has 5 heteroatoms. The van der Waals surface area contributed by atoms with Crippen LogP contribution in [0.15, 0.2) is 18.3 Å². The van der Waals surface area contributed by atoms with Crippen LogP contribution in [0.2, 0.25) is 0 Å². The molecule has 0 aliphatic carbocycles. The first kappa shape index (κ1) is 10.6. The molecule has 0 bridgehead atoms. The highest BCUT2D eigenvalue weighted by Crippen LogP contribution is 2.21. The molecule has 0 aliphatic rings. The van der Waals surface area contributed by atoms with Crippen molar-refractivity contribution in [3.8, 4) is 5.69 Å². The van der Waals surface area contributed by atoms with Crippen molar-refractivity contribution in [1.29, 1.82) is 0 Å². The van der Waals surface area contributed by atoms with E-state index in [4.69, 9.17) is 5.73 Å². The molecule has 0 amide bonds. The topological polar surface area (TPSA) is 43.8 Å². The number of nitrogens with zero attached hydrogens (tertiary/aromatic N) is 2. The summed E-state index contributed by atoms with van der Waals surface area (Å²) in [7, 11) is 0. The van der Waals surface area contributed by atoms with Gasteiger partial charge >= 0.3 is 0 Å². The molecule has 1 aromatic heterocycles. The Balaban J connectivity index is 2.64. The number of aryl methyl sites for hydroxylation is 2. The molecule has 1 heterocycles. The van der Waals surface area contributed by atoms with Crippen molar-refractivity contribution < 1.29 is 8.78 Å². The van der Waals surface area contributed by atoms with Gasteiger partial charge in [-0.05, 0) is 25.5 Å². The lowest BCUT2D eigenvalue weighted by Crippen LogP contribution is -2.03. The number of hydrogen-bond acceptors (Lipinski definition) is 2. The summed E-state index contributed by atoms with van der Waals surface area (Å²) >= 11 is 0. The molecule has 0 aliphatic heterocycles. The van der Waals surface area contributed by atoms with Crippen LogP contribution in [0, 0.1) is 25.5 Å². The highest BCUT2D eigenvalue weighted by atomic mass is 19.1. The van der Waals surface area contributed by atoms with Gasteiger partial charge in [0.05, 0.1) is 11.4 Å². The lowest BCUT2D eigenvalue weighted by atomic mass is 10.2. The average Bonchev–Trinajstić information content (AvgIpc) is 2.51. The van der Waals surface area contributed by atoms with Crippen LogP contribution in [0.5, 0.6) is 0 Å². The Morgan fingerprint density at radius 2 is 1.88 bits per heavy atom. The fraction of sp³-hybridized carbons (Fsp3) is 0.182. The lowest BCUT2D eigenvalue weighted by Gasteiger charge is -2.07. The van der Waals surface area contributed by atoms with Crippen molar-refractivity contribution in [1.82, 2.24) is 9.55 Å². The molecular weight excluding hydrogens is 212 g/mol. The summed E-state index contributed by atoms with van der Waals surface area (Å²) in [5.41, 5.74) is 6.58. The first-order chi connectivity index (χ1) is 7.49. The Morgan fingerprint density at radius 1 is 1.19 bits per heavy atom. The second kappa shape index (κ2) is 3.59. The summed E-state index contributed by atoms with van der Waals surface area (Å²) in [6.45, 7) is 3.24. The number of nitrogen functional groups attached to an aromatic ring is 1. The summed E-state index contributed by atoms with van der Waals surface area (Å²) < 4.78 is 28.3. The molecule has 0 saturated heterocycles. The smallest absolute Gasteiger partial charge is 0.205 e. The molecule has 16 heavy (non-hydrogen) atoms. The van der Waals surface area contributed by atoms with Gasteiger partial charge in [0.2, 0.25) is 5.95 Å². The van der Waals surface area contributed by atoms with E-state index >= 15 is 0 Å². The van der Waals surface area contributed by atoms with Gasteiger partial charge in [-0.1, -0.05) is 0 Å². The van der Waals surface area contributed by atoms with Crippen LogP contribution in [0.4, 0.5) is 14.7 Å². The van der Waals surface area contributed by atoms with Crippen LogP contribution in [-0.4, -0.2) is 9.55 Å². The highest BCUT2D eigenvalue weighted by Gasteiger charge is 2.12. The maximum Gasteiger partial charge on any atom is 0.205 e. The summed E-state index contributed by atoms with van der Waals surface area (Å²) in [6.07, 6.45) is 1.56. The fourth-order valence-corrected chi connectivity index (χ4v) is 1.53. The third-order valence-electron chi connectivity index (χ3n) is 2.34. The Kier molecular flexibility index (Phi) is 2.38. The van der Waals surface area contributed by atoms with Gasteiger partial charge < -0.3 is 5.73 Å².